The fraction of sp³-hybridized carbons (Fsp3) is 0.524. The number of aromatic nitrogens is 2. The van der Waals surface area contributed by atoms with Crippen LogP contribution in [0.2, 0.25) is 0 Å². The van der Waals surface area contributed by atoms with Crippen molar-refractivity contribution in [3.8, 4) is 5.75 Å². The molecule has 1 fully saturated rings. The molecule has 1 aromatic carbocycles. The van der Waals surface area contributed by atoms with Gasteiger partial charge in [0.15, 0.2) is 0 Å². The van der Waals surface area contributed by atoms with Crippen LogP contribution < -0.4 is 9.64 Å². The monoisotopic (exact) mass is 368 g/mol. The third-order valence-electron chi connectivity index (χ3n) is 5.46. The lowest BCUT2D eigenvalue weighted by Gasteiger charge is -2.36. The Bertz CT molecular complexity index is 760. The molecule has 0 spiro atoms. The maximum Gasteiger partial charge on any atom is 0.135 e. The van der Waals surface area contributed by atoms with Crippen LogP contribution in [0.25, 0.3) is 0 Å². The Morgan fingerprint density at radius 1 is 1.07 bits per heavy atom. The summed E-state index contributed by atoms with van der Waals surface area (Å²) in [7, 11) is 1.77. The molecule has 4 rings (SSSR count). The second-order valence-electron chi connectivity index (χ2n) is 7.22. The molecule has 6 nitrogen and oxygen atoms in total. The molecule has 3 heterocycles. The van der Waals surface area contributed by atoms with Crippen molar-refractivity contribution in [2.24, 2.45) is 0 Å². The summed E-state index contributed by atoms with van der Waals surface area (Å²) in [5, 5.41) is 0. The van der Waals surface area contributed by atoms with Crippen molar-refractivity contribution in [3.63, 3.8) is 0 Å². The first-order valence-electron chi connectivity index (χ1n) is 9.85. The van der Waals surface area contributed by atoms with E-state index in [1.54, 1.807) is 13.4 Å². The van der Waals surface area contributed by atoms with E-state index in [4.69, 9.17) is 9.47 Å². The summed E-state index contributed by atoms with van der Waals surface area (Å²) in [5.41, 5.74) is 3.44. The number of para-hydroxylation sites is 1. The van der Waals surface area contributed by atoms with Crippen LogP contribution in [0.5, 0.6) is 5.75 Å². The maximum atomic E-state index is 5.97. The normalized spacial score (nSPS) is 17.0. The minimum absolute atomic E-state index is 0.515. The minimum Gasteiger partial charge on any atom is -0.487 e. The molecule has 27 heavy (non-hydrogen) atoms. The molecule has 2 aliphatic rings. The highest BCUT2D eigenvalue weighted by Gasteiger charge is 2.24. The van der Waals surface area contributed by atoms with Gasteiger partial charge in [-0.2, -0.15) is 0 Å². The largest absolute Gasteiger partial charge is 0.487 e. The average Bonchev–Trinajstić information content (AvgIpc) is 2.91. The molecule has 0 amide bonds. The van der Waals surface area contributed by atoms with Crippen LogP contribution in [-0.4, -0.2) is 61.3 Å². The van der Waals surface area contributed by atoms with Gasteiger partial charge in [0.1, 0.15) is 24.5 Å². The Morgan fingerprint density at radius 3 is 2.78 bits per heavy atom. The van der Waals surface area contributed by atoms with Crippen LogP contribution in [0.3, 0.4) is 0 Å². The summed E-state index contributed by atoms with van der Waals surface area (Å²) < 4.78 is 11.1. The van der Waals surface area contributed by atoms with E-state index in [2.05, 4.69) is 31.9 Å². The molecule has 0 radical (unpaired) electrons. The summed E-state index contributed by atoms with van der Waals surface area (Å²) in [4.78, 5) is 14.1. The predicted molar refractivity (Wildman–Crippen MR) is 105 cm³/mol. The van der Waals surface area contributed by atoms with Gasteiger partial charge in [0.05, 0.1) is 5.69 Å². The first-order chi connectivity index (χ1) is 13.3. The molecule has 2 aromatic rings. The second kappa shape index (κ2) is 8.67. The lowest BCUT2D eigenvalue weighted by Crippen LogP contribution is -2.47. The number of fused-ring (bicyclic) bond motifs is 2. The third-order valence-corrected chi connectivity index (χ3v) is 5.46. The number of methoxy groups -OCH3 is 1. The molecule has 0 saturated carbocycles. The number of benzene rings is 1. The maximum absolute atomic E-state index is 5.97. The number of hydrogen-bond donors (Lipinski definition) is 0. The molecule has 0 bridgehead atoms. The summed E-state index contributed by atoms with van der Waals surface area (Å²) in [6, 6.07) is 8.27. The Kier molecular flexibility index (Phi) is 5.84. The molecule has 0 unspecified atom stereocenters. The van der Waals surface area contributed by atoms with E-state index in [9.17, 15) is 0 Å². The molecule has 2 aliphatic heterocycles. The Balaban J connectivity index is 1.44. The number of rotatable bonds is 6. The SMILES string of the molecule is COCCCCN1CCN(c2ncnc3c2Cc2ccccc2OC3)CC1. The van der Waals surface area contributed by atoms with Crippen LogP contribution in [0.1, 0.15) is 29.7 Å². The number of ether oxygens (including phenoxy) is 2. The molecular weight excluding hydrogens is 340 g/mol. The zero-order valence-electron chi connectivity index (χ0n) is 16.1. The zero-order valence-corrected chi connectivity index (χ0v) is 16.1. The smallest absolute Gasteiger partial charge is 0.135 e. The van der Waals surface area contributed by atoms with Crippen molar-refractivity contribution in [2.45, 2.75) is 25.9 Å². The van der Waals surface area contributed by atoms with Crippen molar-refractivity contribution in [1.82, 2.24) is 14.9 Å². The van der Waals surface area contributed by atoms with Crippen LogP contribution in [0.15, 0.2) is 30.6 Å². The van der Waals surface area contributed by atoms with Gasteiger partial charge in [-0.05, 0) is 31.0 Å². The Hall–Kier alpha value is -2.18. The fourth-order valence-corrected chi connectivity index (χ4v) is 3.91. The summed E-state index contributed by atoms with van der Waals surface area (Å²) >= 11 is 0. The van der Waals surface area contributed by atoms with Gasteiger partial charge < -0.3 is 14.4 Å². The second-order valence-corrected chi connectivity index (χ2v) is 7.22. The van der Waals surface area contributed by atoms with Gasteiger partial charge in [0, 0.05) is 51.9 Å². The quantitative estimate of drug-likeness (QED) is 0.731. The van der Waals surface area contributed by atoms with Crippen molar-refractivity contribution in [1.29, 1.82) is 0 Å². The van der Waals surface area contributed by atoms with Crippen molar-refractivity contribution in [2.75, 3.05) is 51.3 Å². The van der Waals surface area contributed by atoms with Gasteiger partial charge in [0.25, 0.3) is 0 Å². The molecule has 1 saturated heterocycles. The van der Waals surface area contributed by atoms with Crippen molar-refractivity contribution < 1.29 is 9.47 Å². The van der Waals surface area contributed by atoms with Crippen LogP contribution in [-0.2, 0) is 17.8 Å². The van der Waals surface area contributed by atoms with E-state index in [-0.39, 0.29) is 0 Å². The summed E-state index contributed by atoms with van der Waals surface area (Å²) in [5.74, 6) is 2.04. The van der Waals surface area contributed by atoms with E-state index < -0.39 is 0 Å². The fourth-order valence-electron chi connectivity index (χ4n) is 3.91. The Morgan fingerprint density at radius 2 is 1.93 bits per heavy atom. The highest BCUT2D eigenvalue weighted by Crippen LogP contribution is 2.31. The lowest BCUT2D eigenvalue weighted by atomic mass is 10.0. The molecule has 0 atom stereocenters. The van der Waals surface area contributed by atoms with Crippen LogP contribution in [0, 0.1) is 0 Å². The number of piperazine rings is 1. The highest BCUT2D eigenvalue weighted by atomic mass is 16.5. The highest BCUT2D eigenvalue weighted by molar-refractivity contribution is 5.53. The number of unbranched alkanes of at least 4 members (excludes halogenated alkanes) is 1. The van der Waals surface area contributed by atoms with Crippen molar-refractivity contribution >= 4 is 5.82 Å². The van der Waals surface area contributed by atoms with E-state index in [1.165, 1.54) is 17.5 Å². The topological polar surface area (TPSA) is 50.7 Å². The van der Waals surface area contributed by atoms with Gasteiger partial charge in [-0.15, -0.1) is 0 Å². The molecule has 0 aliphatic carbocycles. The van der Waals surface area contributed by atoms with Crippen LogP contribution >= 0.6 is 0 Å². The summed E-state index contributed by atoms with van der Waals surface area (Å²) in [6.45, 7) is 6.71. The van der Waals surface area contributed by atoms with Gasteiger partial charge >= 0.3 is 0 Å². The van der Waals surface area contributed by atoms with E-state index in [0.29, 0.717) is 6.61 Å². The van der Waals surface area contributed by atoms with Gasteiger partial charge in [0.2, 0.25) is 0 Å². The van der Waals surface area contributed by atoms with Gasteiger partial charge in [-0.3, -0.25) is 4.90 Å². The lowest BCUT2D eigenvalue weighted by molar-refractivity contribution is 0.182. The first kappa shape index (κ1) is 18.2. The van der Waals surface area contributed by atoms with E-state index in [0.717, 1.165) is 69.4 Å². The van der Waals surface area contributed by atoms with Gasteiger partial charge in [-0.25, -0.2) is 9.97 Å². The number of hydrogen-bond acceptors (Lipinski definition) is 6. The number of nitrogens with zero attached hydrogens (tertiary/aromatic N) is 4. The molecule has 1 aromatic heterocycles. The van der Waals surface area contributed by atoms with E-state index >= 15 is 0 Å². The molecule has 144 valence electrons. The zero-order chi connectivity index (χ0) is 18.5. The van der Waals surface area contributed by atoms with E-state index in [1.807, 2.05) is 12.1 Å². The standard InChI is InChI=1S/C21H28N4O2/c1-26-13-5-4-8-24-9-11-25(12-10-24)21-18-14-17-6-2-3-7-20(17)27-15-19(18)22-16-23-21/h2-3,6-7,16H,4-5,8-15H2,1H3. The number of anilines is 1. The first-order valence-corrected chi connectivity index (χ1v) is 9.85. The van der Waals surface area contributed by atoms with Gasteiger partial charge in [-0.1, -0.05) is 18.2 Å². The van der Waals surface area contributed by atoms with Crippen molar-refractivity contribution in [3.05, 3.63) is 47.4 Å². The predicted octanol–water partition coefficient (Wildman–Crippen LogP) is 2.51. The minimum atomic E-state index is 0.515. The average molecular weight is 368 g/mol. The third kappa shape index (κ3) is 4.22. The van der Waals surface area contributed by atoms with Crippen LogP contribution in [0.4, 0.5) is 5.82 Å². The summed E-state index contributed by atoms with van der Waals surface area (Å²) in [6.07, 6.45) is 4.85. The molecule has 6 heteroatoms. The molecule has 0 N–H and O–H groups in total. The molecular formula is C21H28N4O2. The Labute approximate surface area is 161 Å².